The van der Waals surface area contributed by atoms with Crippen LogP contribution in [0.1, 0.15) is 12.8 Å². The maximum atomic E-state index is 11.9. The van der Waals surface area contributed by atoms with Crippen LogP contribution in [0.3, 0.4) is 0 Å². The quantitative estimate of drug-likeness (QED) is 0.801. The maximum absolute atomic E-state index is 11.9. The fourth-order valence-electron chi connectivity index (χ4n) is 2.44. The number of carbonyl (C=O) groups excluding carboxylic acids is 2. The van der Waals surface area contributed by atoms with Gasteiger partial charge >= 0.3 is 0 Å². The fraction of sp³-hybridized carbons (Fsp3) is 0.500. The molecule has 0 unspecified atom stereocenters. The molecule has 0 aromatic heterocycles. The van der Waals surface area contributed by atoms with Crippen LogP contribution in [0.25, 0.3) is 0 Å². The summed E-state index contributed by atoms with van der Waals surface area (Å²) in [6.45, 7) is 2.03. The summed E-state index contributed by atoms with van der Waals surface area (Å²) >= 11 is 0. The molecule has 0 saturated carbocycles. The summed E-state index contributed by atoms with van der Waals surface area (Å²) in [5, 5.41) is 2.51. The zero-order chi connectivity index (χ0) is 15.8. The van der Waals surface area contributed by atoms with E-state index in [2.05, 4.69) is 5.32 Å². The molecule has 1 aliphatic heterocycles. The third kappa shape index (κ3) is 6.46. The van der Waals surface area contributed by atoms with E-state index in [1.807, 2.05) is 30.3 Å². The minimum absolute atomic E-state index is 0. The Morgan fingerprint density at radius 2 is 1.87 bits per heavy atom. The number of nitrogens with one attached hydrogen (secondary N) is 1. The second-order valence-electron chi connectivity index (χ2n) is 5.43. The number of hydrogen-bond donors (Lipinski definition) is 2. The predicted molar refractivity (Wildman–Crippen MR) is 90.6 cm³/mol. The first-order chi connectivity index (χ1) is 10.7. The number of ether oxygens (including phenoxy) is 1. The molecule has 6 nitrogen and oxygen atoms in total. The highest BCUT2D eigenvalue weighted by Crippen LogP contribution is 2.19. The summed E-state index contributed by atoms with van der Waals surface area (Å²) in [7, 11) is 0. The van der Waals surface area contributed by atoms with Gasteiger partial charge in [-0.1, -0.05) is 18.2 Å². The number of para-hydroxylation sites is 1. The number of nitrogens with zero attached hydrogens (tertiary/aromatic N) is 1. The standard InChI is InChI=1S/C16H23N3O3.ClH/c17-10-15(20)18-11-16(21)19-8-6-13(7-9-19)12-22-14-4-2-1-3-5-14;/h1-5,13H,6-12,17H2,(H,18,20);1H. The number of hydrogen-bond acceptors (Lipinski definition) is 4. The van der Waals surface area contributed by atoms with Crippen molar-refractivity contribution in [2.24, 2.45) is 11.7 Å². The Kier molecular flexibility index (Phi) is 8.43. The van der Waals surface area contributed by atoms with Crippen molar-refractivity contribution in [2.45, 2.75) is 12.8 Å². The average Bonchev–Trinajstić information content (AvgIpc) is 2.59. The van der Waals surface area contributed by atoms with Crippen molar-refractivity contribution in [3.63, 3.8) is 0 Å². The smallest absolute Gasteiger partial charge is 0.241 e. The lowest BCUT2D eigenvalue weighted by molar-refractivity contribution is -0.133. The second kappa shape index (κ2) is 10.1. The van der Waals surface area contributed by atoms with Gasteiger partial charge in [-0.3, -0.25) is 9.59 Å². The minimum atomic E-state index is -0.306. The molecule has 0 radical (unpaired) electrons. The molecule has 1 heterocycles. The summed E-state index contributed by atoms with van der Waals surface area (Å²) in [4.78, 5) is 24.8. The SMILES string of the molecule is Cl.NCC(=O)NCC(=O)N1CCC(COc2ccccc2)CC1. The largest absolute Gasteiger partial charge is 0.493 e. The van der Waals surface area contributed by atoms with Crippen LogP contribution in [0.2, 0.25) is 0 Å². The number of likely N-dealkylation sites (tertiary alicyclic amines) is 1. The average molecular weight is 342 g/mol. The number of piperidine rings is 1. The van der Waals surface area contributed by atoms with Gasteiger partial charge in [-0.05, 0) is 30.9 Å². The first kappa shape index (κ1) is 19.3. The van der Waals surface area contributed by atoms with Crippen molar-refractivity contribution < 1.29 is 14.3 Å². The van der Waals surface area contributed by atoms with Crippen LogP contribution >= 0.6 is 12.4 Å². The third-order valence-electron chi connectivity index (χ3n) is 3.82. The molecule has 1 fully saturated rings. The van der Waals surface area contributed by atoms with E-state index < -0.39 is 0 Å². The number of rotatable bonds is 6. The Morgan fingerprint density at radius 1 is 1.22 bits per heavy atom. The third-order valence-corrected chi connectivity index (χ3v) is 3.82. The van der Waals surface area contributed by atoms with Crippen LogP contribution in [-0.4, -0.2) is 49.5 Å². The molecule has 128 valence electrons. The van der Waals surface area contributed by atoms with E-state index >= 15 is 0 Å². The van der Waals surface area contributed by atoms with Crippen molar-refractivity contribution in [3.8, 4) is 5.75 Å². The molecular weight excluding hydrogens is 318 g/mol. The van der Waals surface area contributed by atoms with Crippen molar-refractivity contribution in [3.05, 3.63) is 30.3 Å². The van der Waals surface area contributed by atoms with Gasteiger partial charge in [0.2, 0.25) is 11.8 Å². The van der Waals surface area contributed by atoms with Crippen LogP contribution in [-0.2, 0) is 9.59 Å². The lowest BCUT2D eigenvalue weighted by Gasteiger charge is -2.32. The fourth-order valence-corrected chi connectivity index (χ4v) is 2.44. The van der Waals surface area contributed by atoms with E-state index in [1.165, 1.54) is 0 Å². The highest BCUT2D eigenvalue weighted by molar-refractivity contribution is 5.85. The zero-order valence-corrected chi connectivity index (χ0v) is 13.9. The van der Waals surface area contributed by atoms with E-state index in [1.54, 1.807) is 4.90 Å². The summed E-state index contributed by atoms with van der Waals surface area (Å²) in [5.41, 5.74) is 5.19. The number of halogens is 1. The van der Waals surface area contributed by atoms with Gasteiger partial charge in [-0.25, -0.2) is 0 Å². The van der Waals surface area contributed by atoms with Gasteiger partial charge in [-0.2, -0.15) is 0 Å². The van der Waals surface area contributed by atoms with Crippen molar-refractivity contribution >= 4 is 24.2 Å². The number of carbonyl (C=O) groups is 2. The molecule has 0 spiro atoms. The molecule has 2 amide bonds. The van der Waals surface area contributed by atoms with Gasteiger partial charge < -0.3 is 20.7 Å². The van der Waals surface area contributed by atoms with Gasteiger partial charge in [0.25, 0.3) is 0 Å². The molecular formula is C16H24ClN3O3. The molecule has 2 rings (SSSR count). The topological polar surface area (TPSA) is 84.7 Å². The van der Waals surface area contributed by atoms with E-state index in [9.17, 15) is 9.59 Å². The second-order valence-corrected chi connectivity index (χ2v) is 5.43. The molecule has 0 aliphatic carbocycles. The van der Waals surface area contributed by atoms with E-state index in [0.717, 1.165) is 18.6 Å². The van der Waals surface area contributed by atoms with Gasteiger partial charge in [0.15, 0.2) is 0 Å². The highest BCUT2D eigenvalue weighted by atomic mass is 35.5. The molecule has 3 N–H and O–H groups in total. The van der Waals surface area contributed by atoms with Crippen LogP contribution in [0.4, 0.5) is 0 Å². The molecule has 1 aromatic carbocycles. The number of benzene rings is 1. The normalized spacial score (nSPS) is 14.7. The van der Waals surface area contributed by atoms with Gasteiger partial charge in [0.1, 0.15) is 5.75 Å². The molecule has 1 saturated heterocycles. The predicted octanol–water partition coefficient (Wildman–Crippen LogP) is 0.801. The summed E-state index contributed by atoms with van der Waals surface area (Å²) < 4.78 is 5.76. The van der Waals surface area contributed by atoms with E-state index in [4.69, 9.17) is 10.5 Å². The Morgan fingerprint density at radius 3 is 2.48 bits per heavy atom. The lowest BCUT2D eigenvalue weighted by Crippen LogP contribution is -2.45. The lowest BCUT2D eigenvalue weighted by atomic mass is 9.98. The molecule has 1 aromatic rings. The summed E-state index contributed by atoms with van der Waals surface area (Å²) in [5.74, 6) is 0.983. The first-order valence-electron chi connectivity index (χ1n) is 7.61. The monoisotopic (exact) mass is 341 g/mol. The summed E-state index contributed by atoms with van der Waals surface area (Å²) in [6.07, 6.45) is 1.84. The molecule has 1 aliphatic rings. The van der Waals surface area contributed by atoms with Crippen LogP contribution in [0.5, 0.6) is 5.75 Å². The maximum Gasteiger partial charge on any atom is 0.241 e. The van der Waals surface area contributed by atoms with Gasteiger partial charge in [0.05, 0.1) is 19.7 Å². The highest BCUT2D eigenvalue weighted by Gasteiger charge is 2.23. The Hall–Kier alpha value is -1.79. The van der Waals surface area contributed by atoms with Crippen LogP contribution in [0.15, 0.2) is 30.3 Å². The van der Waals surface area contributed by atoms with Crippen LogP contribution < -0.4 is 15.8 Å². The number of amides is 2. The van der Waals surface area contributed by atoms with Crippen molar-refractivity contribution in [2.75, 3.05) is 32.8 Å². The first-order valence-corrected chi connectivity index (χ1v) is 7.61. The Balaban J connectivity index is 0.00000264. The van der Waals surface area contributed by atoms with E-state index in [0.29, 0.717) is 25.6 Å². The summed E-state index contributed by atoms with van der Waals surface area (Å²) in [6, 6.07) is 9.75. The van der Waals surface area contributed by atoms with Crippen molar-refractivity contribution in [1.82, 2.24) is 10.2 Å². The minimum Gasteiger partial charge on any atom is -0.493 e. The Bertz CT molecular complexity index is 491. The Labute approximate surface area is 142 Å². The van der Waals surface area contributed by atoms with Crippen molar-refractivity contribution in [1.29, 1.82) is 0 Å². The molecule has 0 atom stereocenters. The molecule has 0 bridgehead atoms. The van der Waals surface area contributed by atoms with E-state index in [-0.39, 0.29) is 37.3 Å². The van der Waals surface area contributed by atoms with Gasteiger partial charge in [-0.15, -0.1) is 12.4 Å². The molecule has 7 heteroatoms. The van der Waals surface area contributed by atoms with Gasteiger partial charge in [0, 0.05) is 13.1 Å². The molecule has 23 heavy (non-hydrogen) atoms. The van der Waals surface area contributed by atoms with Crippen LogP contribution in [0, 0.1) is 5.92 Å². The number of nitrogens with two attached hydrogens (primary N) is 1. The zero-order valence-electron chi connectivity index (χ0n) is 13.1.